The lowest BCUT2D eigenvalue weighted by Gasteiger charge is -2.14. The molecule has 1 atom stereocenters. The van der Waals surface area contributed by atoms with Crippen LogP contribution < -0.4 is 5.32 Å². The van der Waals surface area contributed by atoms with E-state index in [0.717, 1.165) is 5.56 Å². The van der Waals surface area contributed by atoms with Gasteiger partial charge in [0.2, 0.25) is 0 Å². The molecule has 0 aliphatic carbocycles. The lowest BCUT2D eigenvalue weighted by atomic mass is 10.1. The van der Waals surface area contributed by atoms with Gasteiger partial charge in [0.1, 0.15) is 0 Å². The summed E-state index contributed by atoms with van der Waals surface area (Å²) in [6.07, 6.45) is -0.0480. The lowest BCUT2D eigenvalue weighted by molar-refractivity contribution is -0.148. The summed E-state index contributed by atoms with van der Waals surface area (Å²) >= 11 is 6.94. The number of carbonyl (C=O) groups is 3. The van der Waals surface area contributed by atoms with E-state index in [1.807, 2.05) is 37.3 Å². The first-order valence-electron chi connectivity index (χ1n) is 7.74. The molecule has 2 rings (SSSR count). The SMILES string of the molecule is C[C@H](NC(=O)COC(=O)CCC(=O)c1ccc(Cl)s1)c1ccccc1. The van der Waals surface area contributed by atoms with Gasteiger partial charge in [-0.15, -0.1) is 11.3 Å². The number of nitrogens with one attached hydrogen (secondary N) is 1. The second-order valence-corrected chi connectivity index (χ2v) is 7.10. The van der Waals surface area contributed by atoms with E-state index in [1.165, 1.54) is 11.3 Å². The van der Waals surface area contributed by atoms with Crippen LogP contribution in [0.4, 0.5) is 0 Å². The van der Waals surface area contributed by atoms with E-state index in [4.69, 9.17) is 16.3 Å². The number of halogens is 1. The maximum atomic E-state index is 11.9. The van der Waals surface area contributed by atoms with Crippen LogP contribution in [-0.4, -0.2) is 24.3 Å². The minimum absolute atomic E-state index is 0.0255. The van der Waals surface area contributed by atoms with E-state index in [-0.39, 0.29) is 37.2 Å². The number of Topliss-reactive ketones (excluding diaryl/α,β-unsaturated/α-hetero) is 1. The summed E-state index contributed by atoms with van der Waals surface area (Å²) in [5.74, 6) is -1.14. The van der Waals surface area contributed by atoms with Gasteiger partial charge < -0.3 is 10.1 Å². The molecule has 5 nitrogen and oxygen atoms in total. The normalized spacial score (nSPS) is 11.6. The largest absolute Gasteiger partial charge is 0.456 e. The summed E-state index contributed by atoms with van der Waals surface area (Å²) in [5, 5.41) is 2.75. The highest BCUT2D eigenvalue weighted by Gasteiger charge is 2.14. The average molecular weight is 380 g/mol. The van der Waals surface area contributed by atoms with Crippen LogP contribution in [0.25, 0.3) is 0 Å². The Morgan fingerprint density at radius 1 is 1.12 bits per heavy atom. The molecular weight excluding hydrogens is 362 g/mol. The quantitative estimate of drug-likeness (QED) is 0.559. The number of ketones is 1. The average Bonchev–Trinajstić information content (AvgIpc) is 3.05. The van der Waals surface area contributed by atoms with Crippen LogP contribution in [0.1, 0.15) is 41.0 Å². The van der Waals surface area contributed by atoms with Crippen LogP contribution in [0.15, 0.2) is 42.5 Å². The van der Waals surface area contributed by atoms with Crippen molar-refractivity contribution in [2.24, 2.45) is 0 Å². The standard InChI is InChI=1S/C18H18ClNO4S/c1-12(13-5-3-2-4-6-13)20-17(22)11-24-18(23)10-7-14(21)15-8-9-16(19)25-15/h2-6,8-9,12H,7,10-11H2,1H3,(H,20,22)/t12-/m0/s1. The first-order chi connectivity index (χ1) is 12.0. The van der Waals surface area contributed by atoms with Crippen molar-refractivity contribution < 1.29 is 19.1 Å². The predicted molar refractivity (Wildman–Crippen MR) is 96.9 cm³/mol. The molecule has 0 bridgehead atoms. The molecule has 1 aromatic carbocycles. The molecule has 0 fully saturated rings. The van der Waals surface area contributed by atoms with Crippen molar-refractivity contribution in [3.63, 3.8) is 0 Å². The predicted octanol–water partition coefficient (Wildman–Crippen LogP) is 3.79. The van der Waals surface area contributed by atoms with Crippen molar-refractivity contribution in [3.05, 3.63) is 57.2 Å². The van der Waals surface area contributed by atoms with Crippen LogP contribution in [0.3, 0.4) is 0 Å². The molecule has 1 N–H and O–H groups in total. The third kappa shape index (κ3) is 6.32. The monoisotopic (exact) mass is 379 g/mol. The fraction of sp³-hybridized carbons (Fsp3) is 0.278. The zero-order valence-corrected chi connectivity index (χ0v) is 15.2. The fourth-order valence-corrected chi connectivity index (χ4v) is 3.14. The zero-order chi connectivity index (χ0) is 18.2. The topological polar surface area (TPSA) is 72.5 Å². The second-order valence-electron chi connectivity index (χ2n) is 5.39. The molecule has 7 heteroatoms. The first kappa shape index (κ1) is 19.1. The third-order valence-corrected chi connectivity index (χ3v) is 4.72. The van der Waals surface area contributed by atoms with Gasteiger partial charge in [-0.1, -0.05) is 41.9 Å². The highest BCUT2D eigenvalue weighted by atomic mass is 35.5. The van der Waals surface area contributed by atoms with E-state index >= 15 is 0 Å². The molecule has 0 aliphatic heterocycles. The van der Waals surface area contributed by atoms with Crippen molar-refractivity contribution in [1.82, 2.24) is 5.32 Å². The summed E-state index contributed by atoms with van der Waals surface area (Å²) < 4.78 is 5.43. The van der Waals surface area contributed by atoms with Gasteiger partial charge >= 0.3 is 5.97 Å². The van der Waals surface area contributed by atoms with E-state index in [9.17, 15) is 14.4 Å². The number of rotatable bonds is 8. The minimum Gasteiger partial charge on any atom is -0.456 e. The van der Waals surface area contributed by atoms with Crippen LogP contribution in [0.5, 0.6) is 0 Å². The highest BCUT2D eigenvalue weighted by molar-refractivity contribution is 7.18. The van der Waals surface area contributed by atoms with E-state index in [0.29, 0.717) is 9.21 Å². The van der Waals surface area contributed by atoms with Crippen molar-refractivity contribution in [1.29, 1.82) is 0 Å². The molecule has 1 aromatic heterocycles. The zero-order valence-electron chi connectivity index (χ0n) is 13.7. The molecule has 25 heavy (non-hydrogen) atoms. The van der Waals surface area contributed by atoms with Gasteiger partial charge in [0.05, 0.1) is 21.7 Å². The molecule has 0 aliphatic rings. The second kappa shape index (κ2) is 9.34. The van der Waals surface area contributed by atoms with Crippen LogP contribution in [0, 0.1) is 0 Å². The molecule has 0 radical (unpaired) electrons. The number of esters is 1. The summed E-state index contributed by atoms with van der Waals surface area (Å²) in [4.78, 5) is 35.9. The molecule has 0 spiro atoms. The number of hydrogen-bond acceptors (Lipinski definition) is 5. The fourth-order valence-electron chi connectivity index (χ4n) is 2.13. The van der Waals surface area contributed by atoms with E-state index in [1.54, 1.807) is 12.1 Å². The Hall–Kier alpha value is -2.18. The number of ether oxygens (including phenoxy) is 1. The van der Waals surface area contributed by atoms with Crippen molar-refractivity contribution >= 4 is 40.6 Å². The molecular formula is C18H18ClNO4S. The Morgan fingerprint density at radius 2 is 1.84 bits per heavy atom. The summed E-state index contributed by atoms with van der Waals surface area (Å²) in [5.41, 5.74) is 0.961. The number of hydrogen-bond donors (Lipinski definition) is 1. The molecule has 1 heterocycles. The van der Waals surface area contributed by atoms with Crippen LogP contribution in [-0.2, 0) is 14.3 Å². The van der Waals surface area contributed by atoms with Gasteiger partial charge in [0.25, 0.3) is 5.91 Å². The van der Waals surface area contributed by atoms with Gasteiger partial charge in [-0.25, -0.2) is 0 Å². The summed E-state index contributed by atoms with van der Waals surface area (Å²) in [7, 11) is 0. The number of amides is 1. The Morgan fingerprint density at radius 3 is 2.48 bits per heavy atom. The summed E-state index contributed by atoms with van der Waals surface area (Å²) in [6.45, 7) is 1.48. The van der Waals surface area contributed by atoms with Gasteiger partial charge in [-0.3, -0.25) is 14.4 Å². The van der Waals surface area contributed by atoms with Gasteiger partial charge in [0.15, 0.2) is 12.4 Å². The minimum atomic E-state index is -0.585. The van der Waals surface area contributed by atoms with Crippen LogP contribution in [0.2, 0.25) is 4.34 Å². The van der Waals surface area contributed by atoms with Gasteiger partial charge in [0, 0.05) is 6.42 Å². The number of thiophene rings is 1. The molecule has 0 unspecified atom stereocenters. The Labute approximate surface area is 154 Å². The van der Waals surface area contributed by atoms with Crippen LogP contribution >= 0.6 is 22.9 Å². The Kier molecular flexibility index (Phi) is 7.16. The van der Waals surface area contributed by atoms with Crippen molar-refractivity contribution in [2.45, 2.75) is 25.8 Å². The Balaban J connectivity index is 1.69. The summed E-state index contributed by atoms with van der Waals surface area (Å²) in [6, 6.07) is 12.5. The number of benzene rings is 1. The van der Waals surface area contributed by atoms with Crippen molar-refractivity contribution in [3.8, 4) is 0 Å². The van der Waals surface area contributed by atoms with E-state index < -0.39 is 5.97 Å². The smallest absolute Gasteiger partial charge is 0.306 e. The first-order valence-corrected chi connectivity index (χ1v) is 8.93. The maximum absolute atomic E-state index is 11.9. The van der Waals surface area contributed by atoms with Gasteiger partial charge in [-0.2, -0.15) is 0 Å². The maximum Gasteiger partial charge on any atom is 0.306 e. The molecule has 1 amide bonds. The third-order valence-electron chi connectivity index (χ3n) is 3.45. The van der Waals surface area contributed by atoms with E-state index in [2.05, 4.69) is 5.32 Å². The Bertz CT molecular complexity index is 745. The highest BCUT2D eigenvalue weighted by Crippen LogP contribution is 2.22. The van der Waals surface area contributed by atoms with Crippen molar-refractivity contribution in [2.75, 3.05) is 6.61 Å². The van der Waals surface area contributed by atoms with Gasteiger partial charge in [-0.05, 0) is 24.6 Å². The lowest BCUT2D eigenvalue weighted by Crippen LogP contribution is -2.31. The molecule has 0 saturated heterocycles. The molecule has 2 aromatic rings. The molecule has 132 valence electrons. The number of carbonyl (C=O) groups excluding carboxylic acids is 3. The molecule has 0 saturated carbocycles.